The first-order chi connectivity index (χ1) is 12.1. The fourth-order valence-corrected chi connectivity index (χ4v) is 3.56. The Morgan fingerprint density at radius 1 is 0.760 bits per heavy atom. The van der Waals surface area contributed by atoms with Crippen LogP contribution in [-0.2, 0) is 10.0 Å². The molecule has 3 aromatic rings. The number of hydrogen-bond acceptors (Lipinski definition) is 3. The fraction of sp³-hybridized carbons (Fsp3) is 0.100. The van der Waals surface area contributed by atoms with Crippen LogP contribution in [0.2, 0.25) is 0 Å². The van der Waals surface area contributed by atoms with Crippen LogP contribution in [0.4, 0.5) is 0 Å². The summed E-state index contributed by atoms with van der Waals surface area (Å²) in [7, 11) is -3.67. The van der Waals surface area contributed by atoms with E-state index < -0.39 is 16.1 Å². The summed E-state index contributed by atoms with van der Waals surface area (Å²) in [5.41, 5.74) is 2.65. The average molecular weight is 353 g/mol. The van der Waals surface area contributed by atoms with Crippen molar-refractivity contribution < 1.29 is 13.5 Å². The van der Waals surface area contributed by atoms with Crippen LogP contribution < -0.4 is 4.72 Å². The first-order valence-electron chi connectivity index (χ1n) is 7.94. The van der Waals surface area contributed by atoms with Crippen molar-refractivity contribution in [2.75, 3.05) is 6.54 Å². The summed E-state index contributed by atoms with van der Waals surface area (Å²) < 4.78 is 27.2. The van der Waals surface area contributed by atoms with E-state index in [9.17, 15) is 13.5 Å². The number of benzene rings is 3. The maximum atomic E-state index is 12.4. The number of rotatable bonds is 6. The van der Waals surface area contributed by atoms with Crippen LogP contribution in [0.5, 0.6) is 0 Å². The summed E-state index contributed by atoms with van der Waals surface area (Å²) in [4.78, 5) is 0.174. The molecular formula is C20H19NO3S. The molecule has 2 N–H and O–H groups in total. The lowest BCUT2D eigenvalue weighted by Gasteiger charge is -2.13. The van der Waals surface area contributed by atoms with Crippen LogP contribution in [0.1, 0.15) is 11.7 Å². The number of aliphatic hydroxyl groups excluding tert-OH is 1. The van der Waals surface area contributed by atoms with Crippen molar-refractivity contribution in [3.05, 3.63) is 90.5 Å². The second-order valence-corrected chi connectivity index (χ2v) is 7.44. The molecule has 0 bridgehead atoms. The summed E-state index contributed by atoms with van der Waals surface area (Å²) in [5.74, 6) is 0. The highest BCUT2D eigenvalue weighted by molar-refractivity contribution is 7.89. The molecule has 0 amide bonds. The third kappa shape index (κ3) is 4.33. The van der Waals surface area contributed by atoms with Gasteiger partial charge in [-0.15, -0.1) is 0 Å². The lowest BCUT2D eigenvalue weighted by molar-refractivity contribution is 0.182. The van der Waals surface area contributed by atoms with Crippen molar-refractivity contribution in [3.63, 3.8) is 0 Å². The minimum absolute atomic E-state index is 0.0766. The van der Waals surface area contributed by atoms with Crippen molar-refractivity contribution >= 4 is 10.0 Å². The van der Waals surface area contributed by atoms with Gasteiger partial charge in [0.1, 0.15) is 0 Å². The van der Waals surface area contributed by atoms with Crippen LogP contribution in [0.15, 0.2) is 89.8 Å². The molecular weight excluding hydrogens is 334 g/mol. The van der Waals surface area contributed by atoms with Gasteiger partial charge in [0.15, 0.2) is 0 Å². The summed E-state index contributed by atoms with van der Waals surface area (Å²) in [5, 5.41) is 10.1. The predicted octanol–water partition coefficient (Wildman–Crippen LogP) is 3.37. The van der Waals surface area contributed by atoms with E-state index in [-0.39, 0.29) is 11.4 Å². The van der Waals surface area contributed by atoms with Crippen LogP contribution >= 0.6 is 0 Å². The number of sulfonamides is 1. The van der Waals surface area contributed by atoms with Crippen molar-refractivity contribution in [1.82, 2.24) is 4.72 Å². The molecule has 3 rings (SSSR count). The quantitative estimate of drug-likeness (QED) is 0.714. The molecule has 4 nitrogen and oxygen atoms in total. The van der Waals surface area contributed by atoms with Gasteiger partial charge in [0.2, 0.25) is 10.0 Å². The van der Waals surface area contributed by atoms with E-state index in [1.165, 1.54) is 0 Å². The van der Waals surface area contributed by atoms with E-state index in [0.717, 1.165) is 11.1 Å². The van der Waals surface area contributed by atoms with E-state index in [2.05, 4.69) is 4.72 Å². The molecule has 25 heavy (non-hydrogen) atoms. The Bertz CT molecular complexity index is 908. The number of nitrogens with one attached hydrogen (secondary N) is 1. The second kappa shape index (κ2) is 7.61. The molecule has 0 fully saturated rings. The van der Waals surface area contributed by atoms with Crippen LogP contribution in [-0.4, -0.2) is 20.1 Å². The van der Waals surface area contributed by atoms with Crippen molar-refractivity contribution in [1.29, 1.82) is 0 Å². The molecule has 0 radical (unpaired) electrons. The summed E-state index contributed by atoms with van der Waals surface area (Å²) in [6, 6.07) is 25.4. The minimum Gasteiger partial charge on any atom is -0.387 e. The largest absolute Gasteiger partial charge is 0.387 e. The Morgan fingerprint density at radius 3 is 1.88 bits per heavy atom. The van der Waals surface area contributed by atoms with Crippen LogP contribution in [0, 0.1) is 0 Å². The van der Waals surface area contributed by atoms with Gasteiger partial charge in [-0.3, -0.25) is 0 Å². The smallest absolute Gasteiger partial charge is 0.240 e. The zero-order valence-electron chi connectivity index (χ0n) is 13.5. The Labute approximate surface area is 147 Å². The summed E-state index contributed by atoms with van der Waals surface area (Å²) in [6.07, 6.45) is -0.889. The average Bonchev–Trinajstić information content (AvgIpc) is 2.68. The third-order valence-corrected chi connectivity index (χ3v) is 5.36. The van der Waals surface area contributed by atoms with Gasteiger partial charge in [-0.2, -0.15) is 0 Å². The van der Waals surface area contributed by atoms with E-state index in [1.54, 1.807) is 48.5 Å². The van der Waals surface area contributed by atoms with Crippen molar-refractivity contribution in [3.8, 4) is 11.1 Å². The first-order valence-corrected chi connectivity index (χ1v) is 9.43. The van der Waals surface area contributed by atoms with E-state index in [4.69, 9.17) is 0 Å². The monoisotopic (exact) mass is 353 g/mol. The van der Waals surface area contributed by atoms with Crippen LogP contribution in [0.3, 0.4) is 0 Å². The molecule has 3 aromatic carbocycles. The molecule has 5 heteroatoms. The normalized spacial score (nSPS) is 12.7. The molecule has 0 aromatic heterocycles. The topological polar surface area (TPSA) is 66.4 Å². The maximum Gasteiger partial charge on any atom is 0.240 e. The summed E-state index contributed by atoms with van der Waals surface area (Å²) in [6.45, 7) is -0.0766. The molecule has 0 aliphatic carbocycles. The zero-order chi connectivity index (χ0) is 17.7. The Hall–Kier alpha value is -2.47. The van der Waals surface area contributed by atoms with Gasteiger partial charge in [0, 0.05) is 6.54 Å². The van der Waals surface area contributed by atoms with E-state index in [1.807, 2.05) is 36.4 Å². The molecule has 0 spiro atoms. The molecule has 0 aliphatic heterocycles. The standard InChI is InChI=1S/C20H19NO3S/c22-20(18-9-5-2-6-10-18)15-21-25(23,24)19-13-11-17(12-14-19)16-7-3-1-4-8-16/h1-14,20-22H,15H2. The first kappa shape index (κ1) is 17.4. The fourth-order valence-electron chi connectivity index (χ4n) is 2.52. The Balaban J connectivity index is 1.70. The SMILES string of the molecule is O=S(=O)(NCC(O)c1ccccc1)c1ccc(-c2ccccc2)cc1. The molecule has 0 aliphatic rings. The van der Waals surface area contributed by atoms with Crippen molar-refractivity contribution in [2.45, 2.75) is 11.0 Å². The predicted molar refractivity (Wildman–Crippen MR) is 98.5 cm³/mol. The van der Waals surface area contributed by atoms with Gasteiger partial charge < -0.3 is 5.11 Å². The third-order valence-electron chi connectivity index (χ3n) is 3.92. The highest BCUT2D eigenvalue weighted by Gasteiger charge is 2.16. The molecule has 0 saturated heterocycles. The molecule has 128 valence electrons. The van der Waals surface area contributed by atoms with Gasteiger partial charge in [-0.1, -0.05) is 72.8 Å². The zero-order valence-corrected chi connectivity index (χ0v) is 14.4. The summed E-state index contributed by atoms with van der Waals surface area (Å²) >= 11 is 0. The molecule has 1 atom stereocenters. The lowest BCUT2D eigenvalue weighted by atomic mass is 10.1. The lowest BCUT2D eigenvalue weighted by Crippen LogP contribution is -2.28. The maximum absolute atomic E-state index is 12.4. The van der Waals surface area contributed by atoms with Gasteiger partial charge in [-0.25, -0.2) is 13.1 Å². The highest BCUT2D eigenvalue weighted by Crippen LogP contribution is 2.21. The van der Waals surface area contributed by atoms with Crippen LogP contribution in [0.25, 0.3) is 11.1 Å². The second-order valence-electron chi connectivity index (χ2n) is 5.67. The molecule has 1 unspecified atom stereocenters. The van der Waals surface area contributed by atoms with Gasteiger partial charge >= 0.3 is 0 Å². The number of hydrogen-bond donors (Lipinski definition) is 2. The highest BCUT2D eigenvalue weighted by atomic mass is 32.2. The van der Waals surface area contributed by atoms with Gasteiger partial charge in [0.05, 0.1) is 11.0 Å². The van der Waals surface area contributed by atoms with Gasteiger partial charge in [0.25, 0.3) is 0 Å². The number of aliphatic hydroxyl groups is 1. The Kier molecular flexibility index (Phi) is 5.28. The van der Waals surface area contributed by atoms with E-state index in [0.29, 0.717) is 5.56 Å². The molecule has 0 saturated carbocycles. The minimum atomic E-state index is -3.67. The van der Waals surface area contributed by atoms with Crippen molar-refractivity contribution in [2.24, 2.45) is 0 Å². The Morgan fingerprint density at radius 2 is 1.28 bits per heavy atom. The van der Waals surface area contributed by atoms with E-state index >= 15 is 0 Å². The molecule has 0 heterocycles. The van der Waals surface area contributed by atoms with Gasteiger partial charge in [-0.05, 0) is 28.8 Å².